The summed E-state index contributed by atoms with van der Waals surface area (Å²) in [6, 6.07) is 13.3. The van der Waals surface area contributed by atoms with E-state index < -0.39 is 11.0 Å². The quantitative estimate of drug-likeness (QED) is 0.675. The van der Waals surface area contributed by atoms with Gasteiger partial charge in [0.25, 0.3) is 5.69 Å². The lowest BCUT2D eigenvalue weighted by Crippen LogP contribution is -2.11. The molecule has 5 heteroatoms. The normalized spacial score (nSPS) is 11.9. The van der Waals surface area contributed by atoms with Crippen LogP contribution in [0.3, 0.4) is 0 Å². The van der Waals surface area contributed by atoms with Gasteiger partial charge in [-0.05, 0) is 23.3 Å². The molecule has 0 saturated carbocycles. The Morgan fingerprint density at radius 3 is 2.42 bits per heavy atom. The maximum atomic E-state index is 10.7. The molecular formula is C14H14N2O3. The smallest absolute Gasteiger partial charge is 0.269 e. The number of nitro benzene ring substituents is 1. The number of nitrogens with two attached hydrogens (primary N) is 1. The van der Waals surface area contributed by atoms with Crippen molar-refractivity contribution in [2.24, 2.45) is 5.73 Å². The van der Waals surface area contributed by atoms with Gasteiger partial charge in [-0.25, -0.2) is 0 Å². The zero-order valence-electron chi connectivity index (χ0n) is 10.4. The molecule has 0 fully saturated rings. The summed E-state index contributed by atoms with van der Waals surface area (Å²) in [6.45, 7) is 0. The summed E-state index contributed by atoms with van der Waals surface area (Å²) >= 11 is 0. The number of methoxy groups -OCH3 is 1. The van der Waals surface area contributed by atoms with Gasteiger partial charge in [-0.2, -0.15) is 0 Å². The Morgan fingerprint density at radius 2 is 1.84 bits per heavy atom. The Kier molecular flexibility index (Phi) is 3.77. The van der Waals surface area contributed by atoms with Crippen LogP contribution in [0, 0.1) is 10.1 Å². The number of hydrogen-bond donors (Lipinski definition) is 1. The van der Waals surface area contributed by atoms with Crippen LogP contribution >= 0.6 is 0 Å². The topological polar surface area (TPSA) is 78.4 Å². The van der Waals surface area contributed by atoms with Crippen molar-refractivity contribution in [3.05, 3.63) is 69.8 Å². The number of nitrogens with zero attached hydrogens (tertiary/aromatic N) is 1. The van der Waals surface area contributed by atoms with Crippen LogP contribution < -0.4 is 10.5 Å². The van der Waals surface area contributed by atoms with E-state index in [1.807, 2.05) is 24.3 Å². The van der Waals surface area contributed by atoms with Gasteiger partial charge in [0.15, 0.2) is 0 Å². The molecule has 2 rings (SSSR count). The molecule has 0 aliphatic carbocycles. The fourth-order valence-corrected chi connectivity index (χ4v) is 1.84. The minimum Gasteiger partial charge on any atom is -0.497 e. The van der Waals surface area contributed by atoms with Gasteiger partial charge in [-0.1, -0.05) is 24.3 Å². The van der Waals surface area contributed by atoms with E-state index >= 15 is 0 Å². The Labute approximate surface area is 110 Å². The van der Waals surface area contributed by atoms with Gasteiger partial charge >= 0.3 is 0 Å². The fourth-order valence-electron chi connectivity index (χ4n) is 1.84. The molecule has 2 N–H and O–H groups in total. The van der Waals surface area contributed by atoms with Crippen LogP contribution in [-0.4, -0.2) is 12.0 Å². The van der Waals surface area contributed by atoms with Crippen molar-refractivity contribution in [1.82, 2.24) is 0 Å². The highest BCUT2D eigenvalue weighted by Crippen LogP contribution is 2.24. The largest absolute Gasteiger partial charge is 0.497 e. The second-order valence-electron chi connectivity index (χ2n) is 4.10. The summed E-state index contributed by atoms with van der Waals surface area (Å²) < 4.78 is 5.08. The van der Waals surface area contributed by atoms with E-state index in [-0.39, 0.29) is 5.69 Å². The molecule has 98 valence electrons. The monoisotopic (exact) mass is 258 g/mol. The maximum Gasteiger partial charge on any atom is 0.269 e. The number of hydrogen-bond acceptors (Lipinski definition) is 4. The van der Waals surface area contributed by atoms with Crippen molar-refractivity contribution in [3.63, 3.8) is 0 Å². The van der Waals surface area contributed by atoms with Crippen LogP contribution in [0.5, 0.6) is 5.75 Å². The number of rotatable bonds is 4. The molecule has 0 aromatic heterocycles. The lowest BCUT2D eigenvalue weighted by atomic mass is 9.99. The molecule has 0 heterocycles. The highest BCUT2D eigenvalue weighted by Gasteiger charge is 2.13. The van der Waals surface area contributed by atoms with Crippen molar-refractivity contribution in [3.8, 4) is 5.75 Å². The Bertz CT molecular complexity index is 581. The van der Waals surface area contributed by atoms with Crippen molar-refractivity contribution in [2.75, 3.05) is 7.11 Å². The number of non-ortho nitro benzene ring substituents is 1. The first kappa shape index (κ1) is 13.0. The van der Waals surface area contributed by atoms with Crippen LogP contribution in [0.4, 0.5) is 5.69 Å². The van der Waals surface area contributed by atoms with E-state index in [1.165, 1.54) is 12.1 Å². The molecule has 0 aliphatic rings. The molecule has 0 bridgehead atoms. The van der Waals surface area contributed by atoms with Gasteiger partial charge in [0.2, 0.25) is 0 Å². The first-order valence-corrected chi connectivity index (χ1v) is 5.75. The number of benzene rings is 2. The highest BCUT2D eigenvalue weighted by atomic mass is 16.6. The van der Waals surface area contributed by atoms with Crippen molar-refractivity contribution >= 4 is 5.69 Å². The third kappa shape index (κ3) is 2.89. The summed E-state index contributed by atoms with van der Waals surface area (Å²) in [5.74, 6) is 0.745. The van der Waals surface area contributed by atoms with Crippen molar-refractivity contribution in [2.45, 2.75) is 6.04 Å². The number of ether oxygens (including phenoxy) is 1. The molecule has 0 radical (unpaired) electrons. The maximum absolute atomic E-state index is 10.7. The SMILES string of the molecule is COc1ccc([C@H](N)c2cccc([N+](=O)[O-])c2)cc1. The third-order valence-corrected chi connectivity index (χ3v) is 2.92. The predicted octanol–water partition coefficient (Wildman–Crippen LogP) is 2.65. The molecule has 19 heavy (non-hydrogen) atoms. The first-order valence-electron chi connectivity index (χ1n) is 5.75. The molecule has 0 unspecified atom stereocenters. The van der Waals surface area contributed by atoms with E-state index in [0.717, 1.165) is 11.3 Å². The van der Waals surface area contributed by atoms with Gasteiger partial charge in [-0.3, -0.25) is 10.1 Å². The zero-order chi connectivity index (χ0) is 13.8. The Morgan fingerprint density at radius 1 is 1.16 bits per heavy atom. The summed E-state index contributed by atoms with van der Waals surface area (Å²) in [7, 11) is 1.59. The molecule has 1 atom stereocenters. The van der Waals surface area contributed by atoms with E-state index in [9.17, 15) is 10.1 Å². The first-order chi connectivity index (χ1) is 9.11. The summed E-state index contributed by atoms with van der Waals surface area (Å²) in [4.78, 5) is 10.3. The average molecular weight is 258 g/mol. The van der Waals surface area contributed by atoms with Gasteiger partial charge in [0, 0.05) is 12.1 Å². The minimum atomic E-state index is -0.426. The van der Waals surface area contributed by atoms with E-state index in [4.69, 9.17) is 10.5 Å². The molecule has 0 amide bonds. The second-order valence-corrected chi connectivity index (χ2v) is 4.10. The van der Waals surface area contributed by atoms with Crippen LogP contribution in [0.2, 0.25) is 0 Å². The van der Waals surface area contributed by atoms with Crippen LogP contribution in [-0.2, 0) is 0 Å². The molecule has 0 aliphatic heterocycles. The molecule has 2 aromatic carbocycles. The van der Waals surface area contributed by atoms with E-state index in [1.54, 1.807) is 19.2 Å². The Balaban J connectivity index is 2.29. The van der Waals surface area contributed by atoms with Crippen LogP contribution in [0.15, 0.2) is 48.5 Å². The van der Waals surface area contributed by atoms with E-state index in [0.29, 0.717) is 5.56 Å². The summed E-state index contributed by atoms with van der Waals surface area (Å²) in [5, 5.41) is 10.7. The molecule has 0 spiro atoms. The van der Waals surface area contributed by atoms with Gasteiger partial charge in [-0.15, -0.1) is 0 Å². The van der Waals surface area contributed by atoms with Crippen molar-refractivity contribution < 1.29 is 9.66 Å². The third-order valence-electron chi connectivity index (χ3n) is 2.92. The van der Waals surface area contributed by atoms with Gasteiger partial charge < -0.3 is 10.5 Å². The molecule has 5 nitrogen and oxygen atoms in total. The molecule has 2 aromatic rings. The van der Waals surface area contributed by atoms with E-state index in [2.05, 4.69) is 0 Å². The zero-order valence-corrected chi connectivity index (χ0v) is 10.4. The highest BCUT2D eigenvalue weighted by molar-refractivity contribution is 5.40. The lowest BCUT2D eigenvalue weighted by molar-refractivity contribution is -0.384. The summed E-state index contributed by atoms with van der Waals surface area (Å²) in [6.07, 6.45) is 0. The van der Waals surface area contributed by atoms with Crippen LogP contribution in [0.1, 0.15) is 17.2 Å². The minimum absolute atomic E-state index is 0.0430. The molecular weight excluding hydrogens is 244 g/mol. The average Bonchev–Trinajstić information content (AvgIpc) is 2.46. The summed E-state index contributed by atoms with van der Waals surface area (Å²) in [5.41, 5.74) is 7.74. The molecule has 0 saturated heterocycles. The van der Waals surface area contributed by atoms with Crippen molar-refractivity contribution in [1.29, 1.82) is 0 Å². The van der Waals surface area contributed by atoms with Gasteiger partial charge in [0.05, 0.1) is 18.1 Å². The predicted molar refractivity (Wildman–Crippen MR) is 72.1 cm³/mol. The Hall–Kier alpha value is -2.40. The second kappa shape index (κ2) is 5.49. The standard InChI is InChI=1S/C14H14N2O3/c1-19-13-7-5-10(6-8-13)14(15)11-3-2-4-12(9-11)16(17)18/h2-9,14H,15H2,1H3/t14-/m0/s1. The fraction of sp³-hybridized carbons (Fsp3) is 0.143. The lowest BCUT2D eigenvalue weighted by Gasteiger charge is -2.12. The number of nitro groups is 1. The van der Waals surface area contributed by atoms with Crippen LogP contribution in [0.25, 0.3) is 0 Å². The van der Waals surface area contributed by atoms with Gasteiger partial charge in [0.1, 0.15) is 5.75 Å².